The minimum Gasteiger partial charge on any atom is -0.325 e. The van der Waals surface area contributed by atoms with Crippen LogP contribution in [0, 0.1) is 5.82 Å². The molecule has 0 spiro atoms. The molecule has 0 aromatic heterocycles. The van der Waals surface area contributed by atoms with Gasteiger partial charge in [0.05, 0.1) is 11.4 Å². The van der Waals surface area contributed by atoms with E-state index < -0.39 is 10.0 Å². The van der Waals surface area contributed by atoms with Gasteiger partial charge in [-0.15, -0.1) is 0 Å². The van der Waals surface area contributed by atoms with Crippen LogP contribution in [-0.4, -0.2) is 38.3 Å². The number of carbonyl (C=O) groups excluding carboxylic acids is 1. The van der Waals surface area contributed by atoms with Gasteiger partial charge in [0.2, 0.25) is 15.9 Å². The molecule has 0 bridgehead atoms. The number of hydrogen-bond acceptors (Lipinski definition) is 4. The van der Waals surface area contributed by atoms with Crippen molar-refractivity contribution in [2.24, 2.45) is 0 Å². The van der Waals surface area contributed by atoms with Gasteiger partial charge in [0.15, 0.2) is 0 Å². The zero-order valence-corrected chi connectivity index (χ0v) is 16.2. The molecule has 1 amide bonds. The molecule has 0 atom stereocenters. The Morgan fingerprint density at radius 2 is 1.74 bits per heavy atom. The molecule has 2 N–H and O–H groups in total. The van der Waals surface area contributed by atoms with Crippen molar-refractivity contribution in [3.05, 3.63) is 59.9 Å². The van der Waals surface area contributed by atoms with Crippen molar-refractivity contribution >= 4 is 21.6 Å². The molecule has 2 aromatic carbocycles. The number of amides is 1. The van der Waals surface area contributed by atoms with Crippen LogP contribution < -0.4 is 10.6 Å². The minimum absolute atomic E-state index is 0.0460. The number of sulfonamides is 1. The van der Waals surface area contributed by atoms with Gasteiger partial charge in [-0.2, -0.15) is 4.31 Å². The summed E-state index contributed by atoms with van der Waals surface area (Å²) in [5, 5.41) is 5.64. The van der Waals surface area contributed by atoms with Gasteiger partial charge in [-0.1, -0.05) is 32.0 Å². The van der Waals surface area contributed by atoms with Crippen LogP contribution in [0.25, 0.3) is 0 Å². The van der Waals surface area contributed by atoms with Crippen LogP contribution in [0.3, 0.4) is 0 Å². The second-order valence-electron chi connectivity index (χ2n) is 5.90. The van der Waals surface area contributed by atoms with E-state index in [0.29, 0.717) is 25.3 Å². The maximum Gasteiger partial charge on any atom is 0.243 e. The molecule has 0 aliphatic carbocycles. The molecule has 146 valence electrons. The fraction of sp³-hybridized carbons (Fsp3) is 0.316. The first-order valence-corrected chi connectivity index (χ1v) is 10.2. The van der Waals surface area contributed by atoms with E-state index >= 15 is 0 Å². The topological polar surface area (TPSA) is 78.5 Å². The maximum atomic E-state index is 12.9. The SMILES string of the molecule is CCN(CC)S(=O)(=O)c1cccc(NC(=O)CNCc2ccc(F)cc2)c1. The van der Waals surface area contributed by atoms with Gasteiger partial charge in [0.25, 0.3) is 0 Å². The predicted molar refractivity (Wildman–Crippen MR) is 103 cm³/mol. The second-order valence-corrected chi connectivity index (χ2v) is 7.83. The van der Waals surface area contributed by atoms with Crippen molar-refractivity contribution in [1.82, 2.24) is 9.62 Å². The van der Waals surface area contributed by atoms with E-state index in [9.17, 15) is 17.6 Å². The molecule has 6 nitrogen and oxygen atoms in total. The van der Waals surface area contributed by atoms with Crippen LogP contribution in [-0.2, 0) is 21.4 Å². The van der Waals surface area contributed by atoms with E-state index in [0.717, 1.165) is 5.56 Å². The van der Waals surface area contributed by atoms with E-state index in [4.69, 9.17) is 0 Å². The predicted octanol–water partition coefficient (Wildman–Crippen LogP) is 2.58. The molecule has 2 aromatic rings. The zero-order chi connectivity index (χ0) is 19.9. The lowest BCUT2D eigenvalue weighted by Crippen LogP contribution is -2.31. The summed E-state index contributed by atoms with van der Waals surface area (Å²) < 4.78 is 39.3. The third kappa shape index (κ3) is 5.85. The third-order valence-corrected chi connectivity index (χ3v) is 6.03. The Labute approximate surface area is 159 Å². The number of rotatable bonds is 9. The van der Waals surface area contributed by atoms with Crippen molar-refractivity contribution in [3.63, 3.8) is 0 Å². The molecule has 0 radical (unpaired) electrons. The van der Waals surface area contributed by atoms with Gasteiger partial charge in [0.1, 0.15) is 5.82 Å². The smallest absolute Gasteiger partial charge is 0.243 e. The average molecular weight is 393 g/mol. The largest absolute Gasteiger partial charge is 0.325 e. The first kappa shape index (κ1) is 21.0. The van der Waals surface area contributed by atoms with Crippen molar-refractivity contribution in [2.45, 2.75) is 25.3 Å². The summed E-state index contributed by atoms with van der Waals surface area (Å²) in [4.78, 5) is 12.2. The molecule has 2 rings (SSSR count). The Bertz CT molecular complexity index is 866. The van der Waals surface area contributed by atoms with Crippen LogP contribution in [0.2, 0.25) is 0 Å². The monoisotopic (exact) mass is 393 g/mol. The summed E-state index contributed by atoms with van der Waals surface area (Å²) in [6.07, 6.45) is 0. The zero-order valence-electron chi connectivity index (χ0n) is 15.4. The molecule has 0 saturated carbocycles. The van der Waals surface area contributed by atoms with E-state index in [2.05, 4.69) is 10.6 Å². The number of anilines is 1. The lowest BCUT2D eigenvalue weighted by molar-refractivity contribution is -0.115. The number of benzene rings is 2. The highest BCUT2D eigenvalue weighted by Crippen LogP contribution is 2.19. The molecule has 0 saturated heterocycles. The molecule has 0 fully saturated rings. The second kappa shape index (κ2) is 9.59. The van der Waals surface area contributed by atoms with E-state index in [1.165, 1.54) is 28.6 Å². The van der Waals surface area contributed by atoms with Crippen LogP contribution in [0.4, 0.5) is 10.1 Å². The van der Waals surface area contributed by atoms with Crippen molar-refractivity contribution in [3.8, 4) is 0 Å². The molecule has 8 heteroatoms. The van der Waals surface area contributed by atoms with Gasteiger partial charge in [-0.05, 0) is 35.9 Å². The molecule has 0 heterocycles. The number of nitrogens with one attached hydrogen (secondary N) is 2. The Balaban J connectivity index is 1.95. The Kier molecular flexibility index (Phi) is 7.46. The fourth-order valence-electron chi connectivity index (χ4n) is 2.57. The number of hydrogen-bond donors (Lipinski definition) is 2. The van der Waals surface area contributed by atoms with E-state index in [1.807, 2.05) is 0 Å². The normalized spacial score (nSPS) is 11.6. The highest BCUT2D eigenvalue weighted by molar-refractivity contribution is 7.89. The van der Waals surface area contributed by atoms with Crippen LogP contribution >= 0.6 is 0 Å². The van der Waals surface area contributed by atoms with Crippen molar-refractivity contribution < 1.29 is 17.6 Å². The minimum atomic E-state index is -3.58. The average Bonchev–Trinajstić information content (AvgIpc) is 2.64. The standard InChI is InChI=1S/C19H24FN3O3S/c1-3-23(4-2)27(25,26)18-7-5-6-17(12-18)22-19(24)14-21-13-15-8-10-16(20)11-9-15/h5-12,21H,3-4,13-14H2,1-2H3,(H,22,24). The Morgan fingerprint density at radius 3 is 2.37 bits per heavy atom. The van der Waals surface area contributed by atoms with Gasteiger partial charge < -0.3 is 10.6 Å². The van der Waals surface area contributed by atoms with Gasteiger partial charge in [0, 0.05) is 25.3 Å². The van der Waals surface area contributed by atoms with Gasteiger partial charge in [-0.25, -0.2) is 12.8 Å². The van der Waals surface area contributed by atoms with Crippen molar-refractivity contribution in [1.29, 1.82) is 0 Å². The quantitative estimate of drug-likeness (QED) is 0.686. The van der Waals surface area contributed by atoms with Crippen LogP contribution in [0.1, 0.15) is 19.4 Å². The highest BCUT2D eigenvalue weighted by Gasteiger charge is 2.21. The summed E-state index contributed by atoms with van der Waals surface area (Å²) >= 11 is 0. The summed E-state index contributed by atoms with van der Waals surface area (Å²) in [5.41, 5.74) is 1.27. The molecular formula is C19H24FN3O3S. The summed E-state index contributed by atoms with van der Waals surface area (Å²) in [6, 6.07) is 12.2. The molecular weight excluding hydrogens is 369 g/mol. The number of carbonyl (C=O) groups is 1. The third-order valence-electron chi connectivity index (χ3n) is 3.99. The number of halogens is 1. The van der Waals surface area contributed by atoms with Gasteiger partial charge >= 0.3 is 0 Å². The highest BCUT2D eigenvalue weighted by atomic mass is 32.2. The number of nitrogens with zero attached hydrogens (tertiary/aromatic N) is 1. The van der Waals surface area contributed by atoms with E-state index in [-0.39, 0.29) is 23.2 Å². The first-order valence-electron chi connectivity index (χ1n) is 8.72. The van der Waals surface area contributed by atoms with Crippen LogP contribution in [0.5, 0.6) is 0 Å². The van der Waals surface area contributed by atoms with Gasteiger partial charge in [-0.3, -0.25) is 4.79 Å². The molecule has 0 aliphatic rings. The lowest BCUT2D eigenvalue weighted by atomic mass is 10.2. The molecule has 0 aliphatic heterocycles. The molecule has 0 unspecified atom stereocenters. The summed E-state index contributed by atoms with van der Waals surface area (Å²) in [5.74, 6) is -0.606. The molecule has 27 heavy (non-hydrogen) atoms. The Morgan fingerprint density at radius 1 is 1.07 bits per heavy atom. The summed E-state index contributed by atoms with van der Waals surface area (Å²) in [6.45, 7) is 4.78. The van der Waals surface area contributed by atoms with E-state index in [1.54, 1.807) is 38.1 Å². The lowest BCUT2D eigenvalue weighted by Gasteiger charge is -2.18. The fourth-order valence-corrected chi connectivity index (χ4v) is 4.08. The summed E-state index contributed by atoms with van der Waals surface area (Å²) in [7, 11) is -3.58. The van der Waals surface area contributed by atoms with Crippen LogP contribution in [0.15, 0.2) is 53.4 Å². The van der Waals surface area contributed by atoms with Crippen molar-refractivity contribution in [2.75, 3.05) is 25.0 Å². The first-order chi connectivity index (χ1) is 12.9. The Hall–Kier alpha value is -2.29. The maximum absolute atomic E-state index is 12.9.